The summed E-state index contributed by atoms with van der Waals surface area (Å²) < 4.78 is 27.6. The fraction of sp³-hybridized carbons (Fsp3) is 0.143. The predicted octanol–water partition coefficient (Wildman–Crippen LogP) is 1.57. The quantitative estimate of drug-likeness (QED) is 0.642. The molecule has 1 aromatic heterocycles. The van der Waals surface area contributed by atoms with E-state index in [1.165, 1.54) is 19.2 Å². The number of nitrogens with zero attached hydrogens (tertiary/aromatic N) is 2. The zero-order valence-electron chi connectivity index (χ0n) is 12.6. The molecule has 1 heterocycles. The van der Waals surface area contributed by atoms with Crippen molar-refractivity contribution in [1.82, 2.24) is 9.97 Å². The lowest BCUT2D eigenvalue weighted by Gasteiger charge is -2.10. The average Bonchev–Trinajstić information content (AvgIpc) is 2.53. The maximum atomic E-state index is 12.3. The van der Waals surface area contributed by atoms with Crippen LogP contribution >= 0.6 is 11.6 Å². The van der Waals surface area contributed by atoms with Gasteiger partial charge in [-0.25, -0.2) is 23.2 Å². The number of methoxy groups -OCH3 is 1. The molecule has 0 saturated heterocycles. The monoisotopic (exact) mass is 369 g/mol. The first kappa shape index (κ1) is 17.8. The smallest absolute Gasteiger partial charge is 0.339 e. The fourth-order valence-electron chi connectivity index (χ4n) is 1.75. The topological polar surface area (TPSA) is 115 Å². The number of sulfone groups is 1. The Hall–Kier alpha value is -2.52. The van der Waals surface area contributed by atoms with Crippen LogP contribution in [0, 0.1) is 0 Å². The maximum absolute atomic E-state index is 12.3. The van der Waals surface area contributed by atoms with E-state index in [1.807, 2.05) is 0 Å². The Balaban J connectivity index is 2.40. The van der Waals surface area contributed by atoms with Crippen LogP contribution in [-0.4, -0.2) is 43.6 Å². The number of nitrogens with one attached hydrogen (secondary N) is 1. The zero-order chi connectivity index (χ0) is 17.9. The second-order valence-electron chi connectivity index (χ2n) is 4.61. The number of carbonyl (C=O) groups excluding carboxylic acids is 2. The highest BCUT2D eigenvalue weighted by Gasteiger charge is 2.20. The van der Waals surface area contributed by atoms with Crippen molar-refractivity contribution in [3.8, 4) is 0 Å². The Labute approximate surface area is 142 Å². The highest BCUT2D eigenvalue weighted by molar-refractivity contribution is 7.90. The van der Waals surface area contributed by atoms with Gasteiger partial charge < -0.3 is 10.1 Å². The van der Waals surface area contributed by atoms with Crippen LogP contribution in [0.4, 0.5) is 5.69 Å². The first-order valence-corrected chi connectivity index (χ1v) is 8.72. The number of esters is 1. The lowest BCUT2D eigenvalue weighted by atomic mass is 10.1. The molecule has 24 heavy (non-hydrogen) atoms. The van der Waals surface area contributed by atoms with Gasteiger partial charge in [-0.2, -0.15) is 0 Å². The molecule has 1 amide bonds. The van der Waals surface area contributed by atoms with Gasteiger partial charge in [0.05, 0.1) is 29.6 Å². The predicted molar refractivity (Wildman–Crippen MR) is 85.9 cm³/mol. The van der Waals surface area contributed by atoms with Gasteiger partial charge in [-0.1, -0.05) is 23.7 Å². The van der Waals surface area contributed by atoms with Crippen LogP contribution in [0.2, 0.25) is 5.02 Å². The SMILES string of the molecule is COC(=O)c1ccccc1NC(=O)c1nc(S(C)(=O)=O)ncc1Cl. The number of ether oxygens (including phenoxy) is 1. The van der Waals surface area contributed by atoms with E-state index in [0.29, 0.717) is 0 Å². The third kappa shape index (κ3) is 3.87. The van der Waals surface area contributed by atoms with Gasteiger partial charge in [0.2, 0.25) is 15.0 Å². The summed E-state index contributed by atoms with van der Waals surface area (Å²) in [6, 6.07) is 6.15. The van der Waals surface area contributed by atoms with E-state index in [0.717, 1.165) is 12.5 Å². The molecule has 2 aromatic rings. The number of anilines is 1. The van der Waals surface area contributed by atoms with Crippen LogP contribution < -0.4 is 5.32 Å². The number of benzene rings is 1. The molecular formula is C14H12ClN3O5S. The average molecular weight is 370 g/mol. The second kappa shape index (κ2) is 6.93. The van der Waals surface area contributed by atoms with Crippen molar-refractivity contribution in [1.29, 1.82) is 0 Å². The number of carbonyl (C=O) groups is 2. The van der Waals surface area contributed by atoms with Crippen LogP contribution in [0.5, 0.6) is 0 Å². The number of rotatable bonds is 4. The summed E-state index contributed by atoms with van der Waals surface area (Å²) in [5.74, 6) is -1.43. The molecule has 0 radical (unpaired) electrons. The van der Waals surface area contributed by atoms with Gasteiger partial charge in [0.1, 0.15) is 0 Å². The number of hydrogen-bond acceptors (Lipinski definition) is 7. The summed E-state index contributed by atoms with van der Waals surface area (Å²) >= 11 is 5.86. The van der Waals surface area contributed by atoms with Crippen molar-refractivity contribution in [2.45, 2.75) is 5.16 Å². The molecule has 0 fully saturated rings. The summed E-state index contributed by atoms with van der Waals surface area (Å²) in [6.07, 6.45) is 1.93. The van der Waals surface area contributed by atoms with Crippen LogP contribution in [0.15, 0.2) is 35.6 Å². The molecule has 2 rings (SSSR count). The van der Waals surface area contributed by atoms with Gasteiger partial charge in [0, 0.05) is 6.26 Å². The van der Waals surface area contributed by atoms with Gasteiger partial charge >= 0.3 is 5.97 Å². The molecule has 0 saturated carbocycles. The first-order chi connectivity index (χ1) is 11.2. The Kier molecular flexibility index (Phi) is 5.15. The van der Waals surface area contributed by atoms with E-state index < -0.39 is 26.9 Å². The molecular weight excluding hydrogens is 358 g/mol. The highest BCUT2D eigenvalue weighted by atomic mass is 35.5. The summed E-state index contributed by atoms with van der Waals surface area (Å²) in [7, 11) is -2.50. The van der Waals surface area contributed by atoms with E-state index in [2.05, 4.69) is 20.0 Å². The molecule has 0 aliphatic carbocycles. The van der Waals surface area contributed by atoms with Crippen LogP contribution in [0.25, 0.3) is 0 Å². The summed E-state index contributed by atoms with van der Waals surface area (Å²) in [5.41, 5.74) is -0.0291. The van der Waals surface area contributed by atoms with E-state index >= 15 is 0 Å². The maximum Gasteiger partial charge on any atom is 0.339 e. The Morgan fingerprint density at radius 2 is 1.92 bits per heavy atom. The van der Waals surface area contributed by atoms with Crippen molar-refractivity contribution >= 4 is 39.0 Å². The third-order valence-electron chi connectivity index (χ3n) is 2.85. The van der Waals surface area contributed by atoms with Gasteiger partial charge in [-0.15, -0.1) is 0 Å². The standard InChI is InChI=1S/C14H12ClN3O5S/c1-23-13(20)8-5-3-4-6-10(8)17-12(19)11-9(15)7-16-14(18-11)24(2,21)22/h3-7H,1-2H3,(H,17,19). The van der Waals surface area contributed by atoms with E-state index in [9.17, 15) is 18.0 Å². The van der Waals surface area contributed by atoms with Gasteiger partial charge in [-0.3, -0.25) is 4.79 Å². The minimum Gasteiger partial charge on any atom is -0.465 e. The number of amides is 1. The minimum atomic E-state index is -3.71. The molecule has 8 nitrogen and oxygen atoms in total. The highest BCUT2D eigenvalue weighted by Crippen LogP contribution is 2.20. The van der Waals surface area contributed by atoms with Gasteiger partial charge in [0.25, 0.3) is 5.91 Å². The van der Waals surface area contributed by atoms with Crippen LogP contribution in [0.3, 0.4) is 0 Å². The molecule has 126 valence electrons. The van der Waals surface area contributed by atoms with Crippen molar-refractivity contribution < 1.29 is 22.7 Å². The largest absolute Gasteiger partial charge is 0.465 e. The summed E-state index contributed by atoms with van der Waals surface area (Å²) in [5, 5.41) is 1.79. The molecule has 0 spiro atoms. The fourth-order valence-corrected chi connectivity index (χ4v) is 2.43. The Morgan fingerprint density at radius 3 is 2.54 bits per heavy atom. The van der Waals surface area contributed by atoms with Crippen LogP contribution in [-0.2, 0) is 14.6 Å². The normalized spacial score (nSPS) is 11.0. The lowest BCUT2D eigenvalue weighted by Crippen LogP contribution is -2.19. The van der Waals surface area contributed by atoms with Crippen molar-refractivity contribution in [2.75, 3.05) is 18.7 Å². The Morgan fingerprint density at radius 1 is 1.25 bits per heavy atom. The zero-order valence-corrected chi connectivity index (χ0v) is 14.2. The van der Waals surface area contributed by atoms with E-state index in [4.69, 9.17) is 11.6 Å². The molecule has 0 aliphatic heterocycles. The molecule has 1 aromatic carbocycles. The molecule has 0 aliphatic rings. The number of halogens is 1. The van der Waals surface area contributed by atoms with Crippen LogP contribution in [0.1, 0.15) is 20.8 Å². The Bertz CT molecular complexity index is 914. The third-order valence-corrected chi connectivity index (χ3v) is 3.99. The second-order valence-corrected chi connectivity index (χ2v) is 6.93. The molecule has 0 atom stereocenters. The van der Waals surface area contributed by atoms with Crippen molar-refractivity contribution in [2.24, 2.45) is 0 Å². The lowest BCUT2D eigenvalue weighted by molar-refractivity contribution is 0.0602. The number of aromatic nitrogens is 2. The molecule has 10 heteroatoms. The molecule has 0 unspecified atom stereocenters. The summed E-state index contributed by atoms with van der Waals surface area (Å²) in [6.45, 7) is 0. The van der Waals surface area contributed by atoms with Gasteiger partial charge in [-0.05, 0) is 12.1 Å². The van der Waals surface area contributed by atoms with Crippen molar-refractivity contribution in [3.63, 3.8) is 0 Å². The summed E-state index contributed by atoms with van der Waals surface area (Å²) in [4.78, 5) is 31.3. The molecule has 1 N–H and O–H groups in total. The number of hydrogen-bond donors (Lipinski definition) is 1. The molecule has 0 bridgehead atoms. The van der Waals surface area contributed by atoms with Gasteiger partial charge in [0.15, 0.2) is 5.69 Å². The number of para-hydroxylation sites is 1. The first-order valence-electron chi connectivity index (χ1n) is 6.45. The van der Waals surface area contributed by atoms with E-state index in [-0.39, 0.29) is 22.0 Å². The minimum absolute atomic E-state index is 0.127. The van der Waals surface area contributed by atoms with Crippen molar-refractivity contribution in [3.05, 3.63) is 46.7 Å². The van der Waals surface area contributed by atoms with E-state index in [1.54, 1.807) is 12.1 Å².